The van der Waals surface area contributed by atoms with Gasteiger partial charge in [-0.05, 0) is 61.2 Å². The fourth-order valence-electron chi connectivity index (χ4n) is 3.31. The maximum atomic E-state index is 12.5. The van der Waals surface area contributed by atoms with E-state index < -0.39 is 10.0 Å². The molecule has 1 aliphatic heterocycles. The Morgan fingerprint density at radius 1 is 1.00 bits per heavy atom. The third-order valence-electron chi connectivity index (χ3n) is 4.97. The van der Waals surface area contributed by atoms with Crippen molar-refractivity contribution in [1.29, 1.82) is 0 Å². The van der Waals surface area contributed by atoms with Gasteiger partial charge < -0.3 is 14.8 Å². The van der Waals surface area contributed by atoms with Crippen LogP contribution in [0.5, 0.6) is 11.5 Å². The third kappa shape index (κ3) is 4.89. The summed E-state index contributed by atoms with van der Waals surface area (Å²) in [6, 6.07) is 11.7. The van der Waals surface area contributed by atoms with Crippen molar-refractivity contribution in [3.63, 3.8) is 0 Å². The Bertz CT molecular complexity index is 952. The molecule has 0 aliphatic carbocycles. The fourth-order valence-corrected chi connectivity index (χ4v) is 4.83. The molecule has 2 aromatic carbocycles. The van der Waals surface area contributed by atoms with Crippen molar-refractivity contribution in [2.75, 3.05) is 33.9 Å². The number of carbonyl (C=O) groups is 1. The molecule has 2 aromatic rings. The number of benzene rings is 2. The van der Waals surface area contributed by atoms with Crippen molar-refractivity contribution < 1.29 is 22.7 Å². The molecule has 1 N–H and O–H groups in total. The highest BCUT2D eigenvalue weighted by atomic mass is 32.2. The van der Waals surface area contributed by atoms with Crippen LogP contribution in [0.15, 0.2) is 47.4 Å². The Morgan fingerprint density at radius 2 is 1.66 bits per heavy atom. The minimum atomic E-state index is -3.47. The van der Waals surface area contributed by atoms with Crippen LogP contribution in [0.3, 0.4) is 0 Å². The average Bonchev–Trinajstić information content (AvgIpc) is 3.29. The lowest BCUT2D eigenvalue weighted by atomic mass is 10.1. The summed E-state index contributed by atoms with van der Waals surface area (Å²) < 4.78 is 37.1. The van der Waals surface area contributed by atoms with Crippen LogP contribution >= 0.6 is 0 Å². The predicted molar refractivity (Wildman–Crippen MR) is 110 cm³/mol. The van der Waals surface area contributed by atoms with E-state index in [4.69, 9.17) is 9.47 Å². The van der Waals surface area contributed by atoms with Gasteiger partial charge in [0.1, 0.15) is 0 Å². The first-order chi connectivity index (χ1) is 14.0. The Balaban J connectivity index is 1.57. The van der Waals surface area contributed by atoms with Crippen molar-refractivity contribution in [3.05, 3.63) is 53.6 Å². The van der Waals surface area contributed by atoms with Gasteiger partial charge in [0.15, 0.2) is 11.5 Å². The molecule has 1 saturated heterocycles. The topological polar surface area (TPSA) is 84.9 Å². The van der Waals surface area contributed by atoms with Crippen LogP contribution in [0, 0.1) is 0 Å². The van der Waals surface area contributed by atoms with Crippen LogP contribution in [0.25, 0.3) is 0 Å². The van der Waals surface area contributed by atoms with Gasteiger partial charge in [-0.3, -0.25) is 4.79 Å². The lowest BCUT2D eigenvalue weighted by Gasteiger charge is -2.15. The zero-order chi connectivity index (χ0) is 20.9. The summed E-state index contributed by atoms with van der Waals surface area (Å²) in [5.41, 5.74) is 1.44. The Kier molecular flexibility index (Phi) is 6.76. The molecule has 156 valence electrons. The number of nitrogens with one attached hydrogen (secondary N) is 1. The number of methoxy groups -OCH3 is 2. The number of sulfonamides is 1. The monoisotopic (exact) mass is 418 g/mol. The van der Waals surface area contributed by atoms with Gasteiger partial charge in [0.25, 0.3) is 5.91 Å². The minimum Gasteiger partial charge on any atom is -0.493 e. The number of carbonyl (C=O) groups excluding carboxylic acids is 1. The molecular weight excluding hydrogens is 392 g/mol. The zero-order valence-corrected chi connectivity index (χ0v) is 17.5. The largest absolute Gasteiger partial charge is 0.493 e. The van der Waals surface area contributed by atoms with Crippen molar-refractivity contribution >= 4 is 15.9 Å². The number of nitrogens with zero attached hydrogens (tertiary/aromatic N) is 1. The van der Waals surface area contributed by atoms with E-state index in [0.29, 0.717) is 43.1 Å². The van der Waals surface area contributed by atoms with Crippen LogP contribution in [0.1, 0.15) is 28.8 Å². The van der Waals surface area contributed by atoms with Crippen LogP contribution in [-0.2, 0) is 16.4 Å². The molecule has 1 fully saturated rings. The quantitative estimate of drug-likeness (QED) is 0.712. The van der Waals surface area contributed by atoms with E-state index in [1.165, 1.54) is 16.4 Å². The number of rotatable bonds is 8. The molecule has 3 rings (SSSR count). The van der Waals surface area contributed by atoms with Gasteiger partial charge in [-0.25, -0.2) is 8.42 Å². The molecule has 0 radical (unpaired) electrons. The molecule has 8 heteroatoms. The normalized spacial score (nSPS) is 14.6. The average molecular weight is 419 g/mol. The first-order valence-electron chi connectivity index (χ1n) is 9.55. The molecular formula is C21H26N2O5S. The number of hydrogen-bond donors (Lipinski definition) is 1. The summed E-state index contributed by atoms with van der Waals surface area (Å²) >= 11 is 0. The summed E-state index contributed by atoms with van der Waals surface area (Å²) in [7, 11) is -0.304. The number of ether oxygens (including phenoxy) is 2. The lowest BCUT2D eigenvalue weighted by molar-refractivity contribution is 0.0954. The van der Waals surface area contributed by atoms with Crippen LogP contribution in [0.2, 0.25) is 0 Å². The van der Waals surface area contributed by atoms with E-state index in [1.807, 2.05) is 18.2 Å². The van der Waals surface area contributed by atoms with E-state index in [2.05, 4.69) is 5.32 Å². The second kappa shape index (κ2) is 9.28. The predicted octanol–water partition coefficient (Wildman–Crippen LogP) is 2.46. The first kappa shape index (κ1) is 21.1. The van der Waals surface area contributed by atoms with Crippen LogP contribution < -0.4 is 14.8 Å². The van der Waals surface area contributed by atoms with Crippen molar-refractivity contribution in [1.82, 2.24) is 9.62 Å². The summed E-state index contributed by atoms with van der Waals surface area (Å²) in [5, 5.41) is 2.86. The Labute approximate surface area is 171 Å². The Hall–Kier alpha value is -2.58. The van der Waals surface area contributed by atoms with Gasteiger partial charge in [-0.1, -0.05) is 6.07 Å². The highest BCUT2D eigenvalue weighted by Gasteiger charge is 2.27. The Morgan fingerprint density at radius 3 is 2.28 bits per heavy atom. The molecule has 0 spiro atoms. The van der Waals surface area contributed by atoms with Gasteiger partial charge in [0.2, 0.25) is 10.0 Å². The number of hydrogen-bond acceptors (Lipinski definition) is 5. The smallest absolute Gasteiger partial charge is 0.251 e. The molecule has 1 heterocycles. The molecule has 0 bridgehead atoms. The third-order valence-corrected chi connectivity index (χ3v) is 6.88. The van der Waals surface area contributed by atoms with E-state index in [9.17, 15) is 13.2 Å². The molecule has 7 nitrogen and oxygen atoms in total. The SMILES string of the molecule is COc1ccc(CCNC(=O)c2ccc(S(=O)(=O)N3CCCC3)cc2)cc1OC. The highest BCUT2D eigenvalue weighted by molar-refractivity contribution is 7.89. The zero-order valence-electron chi connectivity index (χ0n) is 16.7. The second-order valence-corrected chi connectivity index (χ2v) is 8.77. The maximum Gasteiger partial charge on any atom is 0.251 e. The van der Waals surface area contributed by atoms with Crippen LogP contribution in [0.4, 0.5) is 0 Å². The molecule has 0 unspecified atom stereocenters. The molecule has 1 aliphatic rings. The van der Waals surface area contributed by atoms with E-state index in [1.54, 1.807) is 26.4 Å². The van der Waals surface area contributed by atoms with Gasteiger partial charge >= 0.3 is 0 Å². The first-order valence-corrected chi connectivity index (χ1v) is 11.0. The second-order valence-electron chi connectivity index (χ2n) is 6.83. The van der Waals surface area contributed by atoms with Crippen LogP contribution in [-0.4, -0.2) is 52.5 Å². The van der Waals surface area contributed by atoms with Crippen molar-refractivity contribution in [2.45, 2.75) is 24.2 Å². The number of amides is 1. The summed E-state index contributed by atoms with van der Waals surface area (Å²) in [6.07, 6.45) is 2.41. The minimum absolute atomic E-state index is 0.223. The van der Waals surface area contributed by atoms with Gasteiger partial charge in [0, 0.05) is 25.2 Å². The van der Waals surface area contributed by atoms with Gasteiger partial charge in [0.05, 0.1) is 19.1 Å². The molecule has 29 heavy (non-hydrogen) atoms. The van der Waals surface area contributed by atoms with E-state index in [-0.39, 0.29) is 10.8 Å². The van der Waals surface area contributed by atoms with Gasteiger partial charge in [-0.2, -0.15) is 4.31 Å². The fraction of sp³-hybridized carbons (Fsp3) is 0.381. The highest BCUT2D eigenvalue weighted by Crippen LogP contribution is 2.27. The summed E-state index contributed by atoms with van der Waals surface area (Å²) in [6.45, 7) is 1.56. The standard InChI is InChI=1S/C21H26N2O5S/c1-27-19-10-5-16(15-20(19)28-2)11-12-22-21(24)17-6-8-18(9-7-17)29(25,26)23-13-3-4-14-23/h5-10,15H,3-4,11-14H2,1-2H3,(H,22,24). The molecule has 0 saturated carbocycles. The lowest BCUT2D eigenvalue weighted by Crippen LogP contribution is -2.28. The van der Waals surface area contributed by atoms with Gasteiger partial charge in [-0.15, -0.1) is 0 Å². The van der Waals surface area contributed by atoms with E-state index >= 15 is 0 Å². The molecule has 0 aromatic heterocycles. The molecule has 0 atom stereocenters. The van der Waals surface area contributed by atoms with Crippen molar-refractivity contribution in [3.8, 4) is 11.5 Å². The van der Waals surface area contributed by atoms with Crippen molar-refractivity contribution in [2.24, 2.45) is 0 Å². The summed E-state index contributed by atoms with van der Waals surface area (Å²) in [5.74, 6) is 1.06. The summed E-state index contributed by atoms with van der Waals surface area (Å²) in [4.78, 5) is 12.6. The molecule has 1 amide bonds. The maximum absolute atomic E-state index is 12.5. The van der Waals surface area contributed by atoms with E-state index in [0.717, 1.165) is 18.4 Å².